The van der Waals surface area contributed by atoms with Crippen LogP contribution in [0.3, 0.4) is 0 Å². The number of hydrogen-bond acceptors (Lipinski definition) is 1. The van der Waals surface area contributed by atoms with Crippen molar-refractivity contribution in [2.75, 3.05) is 19.0 Å². The SMILES string of the molecule is CN1/C(=C\CCCCC2=[N+](C)c3ccccc3C2(C)C)C(C)(C)c2ccccc21.[Cl-]. The van der Waals surface area contributed by atoms with Crippen LogP contribution in [0.1, 0.15) is 64.5 Å². The lowest BCUT2D eigenvalue weighted by atomic mass is 9.80. The highest BCUT2D eigenvalue weighted by molar-refractivity contribution is 5.95. The van der Waals surface area contributed by atoms with Gasteiger partial charge in [-0.25, -0.2) is 4.58 Å². The molecule has 2 nitrogen and oxygen atoms in total. The molecule has 0 spiro atoms. The molecule has 2 heterocycles. The number of allylic oxidation sites excluding steroid dienone is 2. The predicted octanol–water partition coefficient (Wildman–Crippen LogP) is 3.57. The normalized spacial score (nSPS) is 19.7. The van der Waals surface area contributed by atoms with E-state index in [0.29, 0.717) is 0 Å². The first-order chi connectivity index (χ1) is 13.8. The molecule has 0 amide bonds. The zero-order valence-electron chi connectivity index (χ0n) is 19.3. The van der Waals surface area contributed by atoms with Crippen LogP contribution in [0.5, 0.6) is 0 Å². The maximum atomic E-state index is 2.48. The summed E-state index contributed by atoms with van der Waals surface area (Å²) in [5.41, 5.74) is 8.86. The van der Waals surface area contributed by atoms with E-state index in [9.17, 15) is 0 Å². The van der Waals surface area contributed by atoms with Gasteiger partial charge in [-0.1, -0.05) is 56.3 Å². The maximum Gasteiger partial charge on any atom is 0.209 e. The minimum Gasteiger partial charge on any atom is -1.00 e. The molecule has 2 aliphatic heterocycles. The van der Waals surface area contributed by atoms with Crippen LogP contribution in [0.15, 0.2) is 60.3 Å². The smallest absolute Gasteiger partial charge is 0.209 e. The zero-order valence-corrected chi connectivity index (χ0v) is 20.1. The van der Waals surface area contributed by atoms with E-state index in [4.69, 9.17) is 0 Å². The van der Waals surface area contributed by atoms with Crippen molar-refractivity contribution in [1.82, 2.24) is 0 Å². The number of hydrogen-bond donors (Lipinski definition) is 0. The van der Waals surface area contributed by atoms with Crippen molar-refractivity contribution < 1.29 is 17.0 Å². The number of anilines is 1. The average Bonchev–Trinajstić information content (AvgIpc) is 3.02. The second-order valence-corrected chi connectivity index (χ2v) is 9.68. The topological polar surface area (TPSA) is 6.25 Å². The molecule has 0 saturated carbocycles. The molecular weight excluding hydrogens is 388 g/mol. The van der Waals surface area contributed by atoms with E-state index < -0.39 is 0 Å². The molecule has 0 saturated heterocycles. The van der Waals surface area contributed by atoms with E-state index in [1.54, 1.807) is 5.71 Å². The number of para-hydroxylation sites is 2. The minimum atomic E-state index is 0. The number of halogens is 1. The molecule has 2 aliphatic rings. The molecule has 0 aromatic heterocycles. The third-order valence-corrected chi connectivity index (χ3v) is 7.21. The Morgan fingerprint density at radius 1 is 0.867 bits per heavy atom. The fourth-order valence-electron chi connectivity index (χ4n) is 5.54. The van der Waals surface area contributed by atoms with Gasteiger partial charge in [-0.05, 0) is 44.7 Å². The molecule has 0 aliphatic carbocycles. The highest BCUT2D eigenvalue weighted by Gasteiger charge is 2.43. The molecule has 2 aromatic carbocycles. The second-order valence-electron chi connectivity index (χ2n) is 9.68. The van der Waals surface area contributed by atoms with Crippen LogP contribution in [0.4, 0.5) is 11.4 Å². The van der Waals surface area contributed by atoms with Gasteiger partial charge in [0.25, 0.3) is 0 Å². The van der Waals surface area contributed by atoms with E-state index in [0.717, 1.165) is 6.42 Å². The third-order valence-electron chi connectivity index (χ3n) is 7.21. The van der Waals surface area contributed by atoms with Crippen LogP contribution < -0.4 is 17.3 Å². The Kier molecular flexibility index (Phi) is 6.20. The summed E-state index contributed by atoms with van der Waals surface area (Å²) in [5, 5.41) is 0. The van der Waals surface area contributed by atoms with Gasteiger partial charge in [0, 0.05) is 41.9 Å². The van der Waals surface area contributed by atoms with Gasteiger partial charge < -0.3 is 17.3 Å². The molecule has 0 bridgehead atoms. The van der Waals surface area contributed by atoms with Gasteiger partial charge in [0.1, 0.15) is 7.05 Å². The highest BCUT2D eigenvalue weighted by Crippen LogP contribution is 2.46. The lowest BCUT2D eigenvalue weighted by Crippen LogP contribution is -3.00. The summed E-state index contributed by atoms with van der Waals surface area (Å²) in [5.74, 6) is 0. The van der Waals surface area contributed by atoms with E-state index >= 15 is 0 Å². The van der Waals surface area contributed by atoms with Gasteiger partial charge >= 0.3 is 0 Å². The Hall–Kier alpha value is -2.06. The molecule has 2 aromatic rings. The zero-order chi connectivity index (χ0) is 20.8. The summed E-state index contributed by atoms with van der Waals surface area (Å²) in [6, 6.07) is 17.7. The van der Waals surface area contributed by atoms with Crippen molar-refractivity contribution in [3.63, 3.8) is 0 Å². The van der Waals surface area contributed by atoms with Crippen molar-refractivity contribution in [3.05, 3.63) is 71.4 Å². The first-order valence-corrected chi connectivity index (χ1v) is 11.0. The largest absolute Gasteiger partial charge is 1.00 e. The maximum absolute atomic E-state index is 2.48. The Morgan fingerprint density at radius 3 is 2.17 bits per heavy atom. The highest BCUT2D eigenvalue weighted by atomic mass is 35.5. The Morgan fingerprint density at radius 2 is 1.50 bits per heavy atom. The van der Waals surface area contributed by atoms with Crippen LogP contribution in [-0.2, 0) is 10.8 Å². The lowest BCUT2D eigenvalue weighted by molar-refractivity contribution is -0.404. The molecule has 0 unspecified atom stereocenters. The number of unbranched alkanes of at least 4 members (excludes halogenated alkanes) is 2. The summed E-state index contributed by atoms with van der Waals surface area (Å²) in [6.07, 6.45) is 7.25. The predicted molar refractivity (Wildman–Crippen MR) is 125 cm³/mol. The number of benzene rings is 2. The molecule has 0 atom stereocenters. The first kappa shape index (κ1) is 22.6. The summed E-state index contributed by atoms with van der Waals surface area (Å²) < 4.78 is 2.43. The van der Waals surface area contributed by atoms with Gasteiger partial charge in [-0.2, -0.15) is 0 Å². The van der Waals surface area contributed by atoms with Crippen molar-refractivity contribution in [1.29, 1.82) is 0 Å². The van der Waals surface area contributed by atoms with Crippen LogP contribution >= 0.6 is 0 Å². The Balaban J connectivity index is 0.00000256. The van der Waals surface area contributed by atoms with E-state index in [2.05, 4.69) is 106 Å². The van der Waals surface area contributed by atoms with Crippen LogP contribution in [0, 0.1) is 0 Å². The fraction of sp³-hybridized carbons (Fsp3) is 0.444. The van der Waals surface area contributed by atoms with Crippen LogP contribution in [-0.4, -0.2) is 24.4 Å². The molecule has 30 heavy (non-hydrogen) atoms. The Labute approximate surface area is 188 Å². The summed E-state index contributed by atoms with van der Waals surface area (Å²) in [4.78, 5) is 2.38. The lowest BCUT2D eigenvalue weighted by Gasteiger charge is -2.24. The molecule has 3 heteroatoms. The average molecular weight is 423 g/mol. The first-order valence-electron chi connectivity index (χ1n) is 11.0. The van der Waals surface area contributed by atoms with E-state index in [1.807, 2.05) is 0 Å². The van der Waals surface area contributed by atoms with Crippen molar-refractivity contribution in [2.24, 2.45) is 0 Å². The summed E-state index contributed by atoms with van der Waals surface area (Å²) in [7, 11) is 4.45. The number of likely N-dealkylation sites (N-methyl/N-ethyl adjacent to an activating group) is 1. The fourth-order valence-corrected chi connectivity index (χ4v) is 5.54. The molecule has 4 rings (SSSR count). The second kappa shape index (κ2) is 8.23. The van der Waals surface area contributed by atoms with E-state index in [-0.39, 0.29) is 23.2 Å². The summed E-state index contributed by atoms with van der Waals surface area (Å²) in [6.45, 7) is 9.45. The van der Waals surface area contributed by atoms with Crippen molar-refractivity contribution >= 4 is 17.1 Å². The number of nitrogens with zero attached hydrogens (tertiary/aromatic N) is 2. The number of rotatable bonds is 5. The van der Waals surface area contributed by atoms with Gasteiger partial charge in [0.05, 0.1) is 5.41 Å². The van der Waals surface area contributed by atoms with Gasteiger partial charge in [0.2, 0.25) is 5.69 Å². The molecule has 0 fully saturated rings. The minimum absolute atomic E-state index is 0. The van der Waals surface area contributed by atoms with Crippen molar-refractivity contribution in [3.8, 4) is 0 Å². The monoisotopic (exact) mass is 422 g/mol. The summed E-state index contributed by atoms with van der Waals surface area (Å²) >= 11 is 0. The quantitative estimate of drug-likeness (QED) is 0.527. The van der Waals surface area contributed by atoms with Crippen LogP contribution in [0.25, 0.3) is 0 Å². The number of fused-ring (bicyclic) bond motifs is 2. The molecular formula is C27H35ClN2. The standard InChI is InChI=1S/C27H35N2.ClH/c1-26(2)20-14-10-12-16-22(20)28(5)24(26)18-8-7-9-19-25-27(3,4)21-15-11-13-17-23(21)29(25)6;/h10-18H,7-9,19H2,1-6H3;1H/q+1;/p-1/b24-18-;. The molecule has 0 N–H and O–H groups in total. The molecule has 0 radical (unpaired) electrons. The van der Waals surface area contributed by atoms with E-state index in [1.165, 1.54) is 47.5 Å². The van der Waals surface area contributed by atoms with Gasteiger partial charge in [0.15, 0.2) is 5.71 Å². The third kappa shape index (κ3) is 3.50. The Bertz CT molecular complexity index is 997. The van der Waals surface area contributed by atoms with Gasteiger partial charge in [-0.3, -0.25) is 0 Å². The van der Waals surface area contributed by atoms with Crippen LogP contribution in [0.2, 0.25) is 0 Å². The van der Waals surface area contributed by atoms with Gasteiger partial charge in [-0.15, -0.1) is 0 Å². The molecule has 160 valence electrons. The van der Waals surface area contributed by atoms with Crippen molar-refractivity contribution in [2.45, 2.75) is 64.2 Å².